The Morgan fingerprint density at radius 1 is 1.35 bits per heavy atom. The number of nitrogens with one attached hydrogen (secondary N) is 1. The van der Waals surface area contributed by atoms with Crippen molar-refractivity contribution in [1.82, 2.24) is 5.09 Å². The van der Waals surface area contributed by atoms with Crippen LogP contribution in [0.25, 0.3) is 10.8 Å². The van der Waals surface area contributed by atoms with Gasteiger partial charge in [-0.3, -0.25) is 0 Å². The third-order valence-corrected chi connectivity index (χ3v) is 5.73. The van der Waals surface area contributed by atoms with Crippen LogP contribution in [0.1, 0.15) is 20.3 Å². The molecule has 5 atom stereocenters. The first-order valence-corrected chi connectivity index (χ1v) is 9.96. The van der Waals surface area contributed by atoms with Crippen molar-refractivity contribution in [1.29, 1.82) is 0 Å². The van der Waals surface area contributed by atoms with Crippen LogP contribution in [0.4, 0.5) is 0 Å². The van der Waals surface area contributed by atoms with E-state index in [1.165, 1.54) is 0 Å². The maximum Gasteiger partial charge on any atom is 0.318 e. The molecule has 140 valence electrons. The van der Waals surface area contributed by atoms with Gasteiger partial charge in [0.25, 0.3) is 0 Å². The van der Waals surface area contributed by atoms with Crippen LogP contribution in [0.15, 0.2) is 42.5 Å². The van der Waals surface area contributed by atoms with E-state index in [0.717, 1.165) is 29.2 Å². The van der Waals surface area contributed by atoms with Crippen molar-refractivity contribution in [3.05, 3.63) is 42.5 Å². The molecule has 0 bridgehead atoms. The van der Waals surface area contributed by atoms with Gasteiger partial charge in [0.05, 0.1) is 18.8 Å². The zero-order chi connectivity index (χ0) is 18.5. The summed E-state index contributed by atoms with van der Waals surface area (Å²) in [5, 5.41) is 5.18. The van der Waals surface area contributed by atoms with Crippen LogP contribution >= 0.6 is 8.53 Å². The highest BCUT2D eigenvalue weighted by Crippen LogP contribution is 2.40. The highest BCUT2D eigenvalue weighted by Gasteiger charge is 2.31. The van der Waals surface area contributed by atoms with Crippen molar-refractivity contribution in [2.24, 2.45) is 11.7 Å². The molecule has 1 fully saturated rings. The predicted molar refractivity (Wildman–Crippen MR) is 103 cm³/mol. The van der Waals surface area contributed by atoms with Crippen molar-refractivity contribution >= 4 is 25.6 Å². The molecule has 7 heteroatoms. The van der Waals surface area contributed by atoms with Gasteiger partial charge in [-0.15, -0.1) is 0 Å². The summed E-state index contributed by atoms with van der Waals surface area (Å²) < 4.78 is 17.7. The first-order chi connectivity index (χ1) is 12.6. The van der Waals surface area contributed by atoms with Crippen molar-refractivity contribution in [3.8, 4) is 5.75 Å². The summed E-state index contributed by atoms with van der Waals surface area (Å²) in [5.74, 6) is 1.02. The second-order valence-corrected chi connectivity index (χ2v) is 7.82. The molecule has 4 unspecified atom stereocenters. The molecule has 26 heavy (non-hydrogen) atoms. The van der Waals surface area contributed by atoms with Crippen LogP contribution in [0.3, 0.4) is 0 Å². The number of hydrogen-bond donors (Lipinski definition) is 2. The number of benzene rings is 2. The number of nitrogens with two attached hydrogens (primary N) is 1. The van der Waals surface area contributed by atoms with Gasteiger partial charge in [-0.2, -0.15) is 0 Å². The number of ether oxygens (including phenoxy) is 1. The van der Waals surface area contributed by atoms with Crippen molar-refractivity contribution in [2.45, 2.75) is 38.6 Å². The van der Waals surface area contributed by atoms with Gasteiger partial charge in [0.2, 0.25) is 0 Å². The van der Waals surface area contributed by atoms with Crippen LogP contribution in [0.5, 0.6) is 5.75 Å². The topological polar surface area (TPSA) is 82.8 Å². The van der Waals surface area contributed by atoms with Gasteiger partial charge in [-0.25, -0.2) is 5.09 Å². The first kappa shape index (κ1) is 19.2. The molecule has 1 heterocycles. The molecule has 2 aromatic rings. The van der Waals surface area contributed by atoms with Gasteiger partial charge in [0, 0.05) is 5.39 Å². The minimum absolute atomic E-state index is 0.0607. The molecule has 0 radical (unpaired) electrons. The molecule has 2 aromatic carbocycles. The Morgan fingerprint density at radius 3 is 2.85 bits per heavy atom. The molecule has 3 N–H and O–H groups in total. The molecule has 0 amide bonds. The Kier molecular flexibility index (Phi) is 6.57. The summed E-state index contributed by atoms with van der Waals surface area (Å²) in [7, 11) is -1.50. The average molecular weight is 376 g/mol. The Morgan fingerprint density at radius 2 is 2.12 bits per heavy atom. The second kappa shape index (κ2) is 8.89. The highest BCUT2D eigenvalue weighted by atomic mass is 31.2. The Bertz CT molecular complexity index is 729. The Balaban J connectivity index is 1.70. The van der Waals surface area contributed by atoms with Crippen LogP contribution in [-0.2, 0) is 14.1 Å². The number of hydrogen-bond acceptors (Lipinski definition) is 6. The molecule has 0 saturated carbocycles. The van der Waals surface area contributed by atoms with E-state index in [0.29, 0.717) is 12.5 Å². The van der Waals surface area contributed by atoms with Crippen LogP contribution in [0, 0.1) is 5.92 Å². The van der Waals surface area contributed by atoms with E-state index in [4.69, 9.17) is 19.5 Å². The summed E-state index contributed by atoms with van der Waals surface area (Å²) in [6, 6.07) is 13.5. The van der Waals surface area contributed by atoms with E-state index in [1.54, 1.807) is 6.92 Å². The summed E-state index contributed by atoms with van der Waals surface area (Å²) >= 11 is 0. The molecule has 0 aliphatic carbocycles. The fourth-order valence-electron chi connectivity index (χ4n) is 2.87. The van der Waals surface area contributed by atoms with Crippen LogP contribution < -0.4 is 15.3 Å². The van der Waals surface area contributed by atoms with Crippen LogP contribution in [-0.4, -0.2) is 31.3 Å². The molecule has 0 spiro atoms. The minimum atomic E-state index is -1.50. The number of aldehydes is 1. The number of carbonyl (C=O) groups is 1. The molecule has 1 aliphatic rings. The summed E-state index contributed by atoms with van der Waals surface area (Å²) in [5.41, 5.74) is 5.90. The number of rotatable bonds is 8. The van der Waals surface area contributed by atoms with Gasteiger partial charge >= 0.3 is 8.53 Å². The van der Waals surface area contributed by atoms with E-state index in [2.05, 4.69) is 12.0 Å². The Labute approximate surface area is 155 Å². The molecule has 1 aliphatic heterocycles. The lowest BCUT2D eigenvalue weighted by molar-refractivity contribution is -0.108. The third-order valence-electron chi connectivity index (χ3n) is 4.37. The smallest absolute Gasteiger partial charge is 0.318 e. The monoisotopic (exact) mass is 376 g/mol. The summed E-state index contributed by atoms with van der Waals surface area (Å²) in [4.78, 5) is 11.0. The fraction of sp³-hybridized carbons (Fsp3) is 0.421. The van der Waals surface area contributed by atoms with Crippen molar-refractivity contribution in [2.75, 3.05) is 6.61 Å². The van der Waals surface area contributed by atoms with Crippen molar-refractivity contribution < 1.29 is 18.6 Å². The quantitative estimate of drug-likeness (QED) is 0.543. The lowest BCUT2D eigenvalue weighted by atomic mass is 10.1. The van der Waals surface area contributed by atoms with E-state index < -0.39 is 8.53 Å². The van der Waals surface area contributed by atoms with E-state index in [1.807, 2.05) is 42.5 Å². The average Bonchev–Trinajstić information content (AvgIpc) is 2.97. The number of fused-ring (bicyclic) bond motifs is 1. The maximum atomic E-state index is 11.0. The zero-order valence-corrected chi connectivity index (χ0v) is 15.9. The summed E-state index contributed by atoms with van der Waals surface area (Å²) in [6.45, 7) is 4.20. The van der Waals surface area contributed by atoms with Gasteiger partial charge in [-0.1, -0.05) is 43.3 Å². The highest BCUT2D eigenvalue weighted by molar-refractivity contribution is 7.45. The van der Waals surface area contributed by atoms with Crippen molar-refractivity contribution in [3.63, 3.8) is 0 Å². The molecule has 6 nitrogen and oxygen atoms in total. The molecular weight excluding hydrogens is 351 g/mol. The van der Waals surface area contributed by atoms with E-state index in [9.17, 15) is 4.79 Å². The van der Waals surface area contributed by atoms with Gasteiger partial charge in [0.1, 0.15) is 18.3 Å². The standard InChI is InChI=1S/C19H25N2O4P/c1-13-10-16(24-19(13)20)12-23-26(21-14(2)11-22)25-18-9-5-7-15-6-3-4-8-17(15)18/h3-9,11,13-14,16,19,21H,10,12,20H2,1-2H3/t13?,14-,16?,19?,26?/m0/s1. The number of carbonyl (C=O) groups excluding carboxylic acids is 1. The largest absolute Gasteiger partial charge is 0.435 e. The first-order valence-electron chi connectivity index (χ1n) is 8.78. The SMILES string of the molecule is CC1CC(COP(N[C@@H](C)C=O)Oc2cccc3ccccc23)OC1N. The second-order valence-electron chi connectivity index (χ2n) is 6.61. The Hall–Kier alpha value is -1.56. The normalized spacial score (nSPS) is 25.1. The molecular formula is C19H25N2O4P. The lowest BCUT2D eigenvalue weighted by Gasteiger charge is -2.22. The predicted octanol–water partition coefficient (Wildman–Crippen LogP) is 3.35. The zero-order valence-electron chi connectivity index (χ0n) is 15.0. The molecule has 3 rings (SSSR count). The van der Waals surface area contributed by atoms with E-state index in [-0.39, 0.29) is 18.4 Å². The maximum absolute atomic E-state index is 11.0. The lowest BCUT2D eigenvalue weighted by Crippen LogP contribution is -2.28. The summed E-state index contributed by atoms with van der Waals surface area (Å²) in [6.07, 6.45) is 1.36. The fourth-order valence-corrected chi connectivity index (χ4v) is 4.08. The van der Waals surface area contributed by atoms with Gasteiger partial charge in [-0.05, 0) is 30.7 Å². The molecule has 1 saturated heterocycles. The van der Waals surface area contributed by atoms with Gasteiger partial charge in [0.15, 0.2) is 0 Å². The molecule has 0 aromatic heterocycles. The minimum Gasteiger partial charge on any atom is -0.435 e. The van der Waals surface area contributed by atoms with Gasteiger partial charge < -0.3 is 24.3 Å². The van der Waals surface area contributed by atoms with E-state index >= 15 is 0 Å². The third kappa shape index (κ3) is 4.78. The van der Waals surface area contributed by atoms with Crippen LogP contribution in [0.2, 0.25) is 0 Å².